The second-order valence-corrected chi connectivity index (χ2v) is 7.58. The number of carbonyl (C=O) groups excluding carboxylic acids is 1. The highest BCUT2D eigenvalue weighted by Crippen LogP contribution is 2.39. The summed E-state index contributed by atoms with van der Waals surface area (Å²) >= 11 is 0. The van der Waals surface area contributed by atoms with E-state index < -0.39 is 82.6 Å². The largest absolute Gasteiger partial charge is 0.433 e. The zero-order chi connectivity index (χ0) is 27.8. The van der Waals surface area contributed by atoms with Crippen LogP contribution in [0.1, 0.15) is 27.9 Å². The molecule has 198 valence electrons. The molecule has 0 fully saturated rings. The zero-order valence-corrected chi connectivity index (χ0v) is 18.0. The van der Waals surface area contributed by atoms with Gasteiger partial charge in [0.05, 0.1) is 23.1 Å². The van der Waals surface area contributed by atoms with E-state index in [0.29, 0.717) is 12.1 Å². The van der Waals surface area contributed by atoms with E-state index in [1.807, 2.05) is 0 Å². The Labute approximate surface area is 200 Å². The molecule has 0 saturated carbocycles. The van der Waals surface area contributed by atoms with Crippen LogP contribution in [0.3, 0.4) is 0 Å². The van der Waals surface area contributed by atoms with Gasteiger partial charge in [0.25, 0.3) is 5.56 Å². The first-order valence-electron chi connectivity index (χ1n) is 9.97. The average Bonchev–Trinajstić information content (AvgIpc) is 2.76. The standard InChI is InChI=1S/C22H13F10N3O2/c23-18-11(9-33-15(36)7-10-1-4-12(5-2-10)20(24,25)26)3-6-13(21(27,28)29)17(18)19-34-14(22(30,31)32)8-16(37)35-19/h1-6,8H,7,9H2,(H,33,36)(H,34,35,37). The molecule has 0 aliphatic heterocycles. The molecule has 2 aromatic carbocycles. The number of H-pyrrole nitrogens is 1. The number of aromatic amines is 1. The first-order valence-corrected chi connectivity index (χ1v) is 9.97. The van der Waals surface area contributed by atoms with E-state index in [9.17, 15) is 49.1 Å². The molecule has 0 aliphatic rings. The fraction of sp³-hybridized carbons (Fsp3) is 0.227. The Morgan fingerprint density at radius 2 is 1.49 bits per heavy atom. The maximum atomic E-state index is 15.1. The number of rotatable bonds is 5. The minimum atomic E-state index is -5.26. The van der Waals surface area contributed by atoms with Crippen LogP contribution in [-0.4, -0.2) is 15.9 Å². The summed E-state index contributed by atoms with van der Waals surface area (Å²) in [6, 6.07) is 4.46. The van der Waals surface area contributed by atoms with Crippen molar-refractivity contribution in [1.82, 2.24) is 15.3 Å². The highest BCUT2D eigenvalue weighted by atomic mass is 19.4. The van der Waals surface area contributed by atoms with Crippen molar-refractivity contribution >= 4 is 5.91 Å². The van der Waals surface area contributed by atoms with E-state index in [0.717, 1.165) is 24.3 Å². The summed E-state index contributed by atoms with van der Waals surface area (Å²) in [6.45, 7) is -0.736. The van der Waals surface area contributed by atoms with Crippen LogP contribution in [0.2, 0.25) is 0 Å². The lowest BCUT2D eigenvalue weighted by atomic mass is 10.0. The summed E-state index contributed by atoms with van der Waals surface area (Å²) in [5.41, 5.74) is -7.95. The van der Waals surface area contributed by atoms with Gasteiger partial charge in [0.15, 0.2) is 5.69 Å². The number of hydrogen-bond acceptors (Lipinski definition) is 3. The first kappa shape index (κ1) is 27.7. The lowest BCUT2D eigenvalue weighted by Gasteiger charge is -2.17. The van der Waals surface area contributed by atoms with E-state index in [-0.39, 0.29) is 11.6 Å². The van der Waals surface area contributed by atoms with Gasteiger partial charge < -0.3 is 10.3 Å². The minimum Gasteiger partial charge on any atom is -0.352 e. The number of carbonyl (C=O) groups is 1. The van der Waals surface area contributed by atoms with Crippen molar-refractivity contribution in [2.75, 3.05) is 0 Å². The molecule has 0 saturated heterocycles. The van der Waals surface area contributed by atoms with Crippen LogP contribution in [-0.2, 0) is 36.3 Å². The van der Waals surface area contributed by atoms with Crippen molar-refractivity contribution in [2.45, 2.75) is 31.5 Å². The third-order valence-corrected chi connectivity index (χ3v) is 4.92. The molecule has 0 atom stereocenters. The van der Waals surface area contributed by atoms with Gasteiger partial charge in [-0.05, 0) is 23.8 Å². The third kappa shape index (κ3) is 6.65. The van der Waals surface area contributed by atoms with Crippen LogP contribution in [0, 0.1) is 5.82 Å². The van der Waals surface area contributed by atoms with Gasteiger partial charge in [-0.3, -0.25) is 9.59 Å². The van der Waals surface area contributed by atoms with E-state index >= 15 is 4.39 Å². The quantitative estimate of drug-likeness (QED) is 0.420. The summed E-state index contributed by atoms with van der Waals surface area (Å²) < 4.78 is 133. The van der Waals surface area contributed by atoms with Gasteiger partial charge in [-0.2, -0.15) is 39.5 Å². The van der Waals surface area contributed by atoms with Crippen molar-refractivity contribution in [1.29, 1.82) is 0 Å². The number of benzene rings is 2. The Morgan fingerprint density at radius 1 is 0.865 bits per heavy atom. The number of hydrogen-bond donors (Lipinski definition) is 2. The Kier molecular flexibility index (Phi) is 7.37. The molecule has 1 heterocycles. The Bertz CT molecular complexity index is 1360. The van der Waals surface area contributed by atoms with Crippen molar-refractivity contribution in [3.8, 4) is 11.4 Å². The molecule has 1 aromatic heterocycles. The highest BCUT2D eigenvalue weighted by molar-refractivity contribution is 5.78. The van der Waals surface area contributed by atoms with Gasteiger partial charge >= 0.3 is 18.5 Å². The van der Waals surface area contributed by atoms with Crippen LogP contribution in [0.25, 0.3) is 11.4 Å². The van der Waals surface area contributed by atoms with Crippen molar-refractivity contribution in [2.24, 2.45) is 0 Å². The van der Waals surface area contributed by atoms with Crippen LogP contribution < -0.4 is 10.9 Å². The molecule has 1 amide bonds. The number of amides is 1. The number of nitrogens with zero attached hydrogens (tertiary/aromatic N) is 1. The second-order valence-electron chi connectivity index (χ2n) is 7.58. The molecule has 0 unspecified atom stereocenters. The average molecular weight is 541 g/mol. The lowest BCUT2D eigenvalue weighted by molar-refractivity contribution is -0.141. The van der Waals surface area contributed by atoms with Crippen LogP contribution in [0.4, 0.5) is 43.9 Å². The summed E-state index contributed by atoms with van der Waals surface area (Å²) in [4.78, 5) is 28.4. The molecule has 37 heavy (non-hydrogen) atoms. The lowest BCUT2D eigenvalue weighted by Crippen LogP contribution is -2.25. The van der Waals surface area contributed by atoms with E-state index in [1.165, 1.54) is 0 Å². The van der Waals surface area contributed by atoms with Crippen LogP contribution in [0.15, 0.2) is 47.3 Å². The number of halogens is 10. The van der Waals surface area contributed by atoms with E-state index in [1.54, 1.807) is 4.98 Å². The Hall–Kier alpha value is -3.91. The molecule has 15 heteroatoms. The van der Waals surface area contributed by atoms with E-state index in [4.69, 9.17) is 0 Å². The van der Waals surface area contributed by atoms with Gasteiger partial charge in [0.1, 0.15) is 11.6 Å². The normalized spacial score (nSPS) is 12.5. The number of aromatic nitrogens is 2. The fourth-order valence-corrected chi connectivity index (χ4v) is 3.20. The van der Waals surface area contributed by atoms with Gasteiger partial charge in [0, 0.05) is 18.2 Å². The SMILES string of the molecule is O=C(Cc1ccc(C(F)(F)F)cc1)NCc1ccc(C(F)(F)F)c(-c2nc(C(F)(F)F)cc(=O)[nH]2)c1F. The number of nitrogens with one attached hydrogen (secondary N) is 2. The maximum absolute atomic E-state index is 15.1. The van der Waals surface area contributed by atoms with Crippen molar-refractivity contribution < 1.29 is 48.7 Å². The second kappa shape index (κ2) is 9.86. The molecular formula is C22H13F10N3O2. The summed E-state index contributed by atoms with van der Waals surface area (Å²) in [6.07, 6.45) is -15.5. The smallest absolute Gasteiger partial charge is 0.352 e. The van der Waals surface area contributed by atoms with Crippen molar-refractivity contribution in [3.63, 3.8) is 0 Å². The highest BCUT2D eigenvalue weighted by Gasteiger charge is 2.38. The minimum absolute atomic E-state index is 0.0139. The predicted molar refractivity (Wildman–Crippen MR) is 107 cm³/mol. The Balaban J connectivity index is 1.90. The molecule has 5 nitrogen and oxygen atoms in total. The monoisotopic (exact) mass is 541 g/mol. The molecule has 0 aliphatic carbocycles. The summed E-state index contributed by atoms with van der Waals surface area (Å²) in [5.74, 6) is -3.87. The molecule has 3 rings (SSSR count). The Morgan fingerprint density at radius 3 is 2.03 bits per heavy atom. The van der Waals surface area contributed by atoms with Gasteiger partial charge in [-0.25, -0.2) is 9.37 Å². The summed E-state index contributed by atoms with van der Waals surface area (Å²) in [7, 11) is 0. The zero-order valence-electron chi connectivity index (χ0n) is 18.0. The molecule has 3 aromatic rings. The van der Waals surface area contributed by atoms with E-state index in [2.05, 4.69) is 10.3 Å². The van der Waals surface area contributed by atoms with Gasteiger partial charge in [-0.15, -0.1) is 0 Å². The fourth-order valence-electron chi connectivity index (χ4n) is 3.20. The van der Waals surface area contributed by atoms with Crippen LogP contribution >= 0.6 is 0 Å². The molecule has 0 bridgehead atoms. The molecular weight excluding hydrogens is 528 g/mol. The van der Waals surface area contributed by atoms with Gasteiger partial charge in [-0.1, -0.05) is 18.2 Å². The topological polar surface area (TPSA) is 74.8 Å². The third-order valence-electron chi connectivity index (χ3n) is 4.92. The van der Waals surface area contributed by atoms with Crippen molar-refractivity contribution in [3.05, 3.63) is 86.6 Å². The molecule has 0 radical (unpaired) electrons. The number of alkyl halides is 9. The molecule has 0 spiro atoms. The molecule has 2 N–H and O–H groups in total. The summed E-state index contributed by atoms with van der Waals surface area (Å²) in [5, 5.41) is 2.16. The van der Waals surface area contributed by atoms with Crippen LogP contribution in [0.5, 0.6) is 0 Å². The maximum Gasteiger partial charge on any atom is 0.433 e. The predicted octanol–water partition coefficient (Wildman–Crippen LogP) is 5.49. The first-order chi connectivity index (χ1) is 17.0. The van der Waals surface area contributed by atoms with Gasteiger partial charge in [0.2, 0.25) is 5.91 Å².